The number of hydrogen-bond donors (Lipinski definition) is 3. The average molecular weight is 374 g/mol. The van der Waals surface area contributed by atoms with Crippen LogP contribution in [0, 0.1) is 13.8 Å². The first-order valence-electron chi connectivity index (χ1n) is 8.89. The molecule has 3 N–H and O–H groups in total. The second-order valence-electron chi connectivity index (χ2n) is 6.74. The minimum absolute atomic E-state index is 0.103. The summed E-state index contributed by atoms with van der Waals surface area (Å²) in [5, 5.41) is 24.9. The van der Waals surface area contributed by atoms with Gasteiger partial charge < -0.3 is 10.2 Å². The molecule has 0 spiro atoms. The third-order valence-electron chi connectivity index (χ3n) is 4.52. The van der Waals surface area contributed by atoms with Crippen LogP contribution in [0.25, 0.3) is 0 Å². The van der Waals surface area contributed by atoms with E-state index in [1.165, 1.54) is 12.3 Å². The zero-order valence-electron chi connectivity index (χ0n) is 15.8. The number of rotatable bonds is 5. The summed E-state index contributed by atoms with van der Waals surface area (Å²) in [6, 6.07) is 20.8. The Morgan fingerprint density at radius 1 is 0.929 bits per heavy atom. The molecule has 3 rings (SSSR count). The van der Waals surface area contributed by atoms with Crippen molar-refractivity contribution in [2.75, 3.05) is 0 Å². The zero-order chi connectivity index (χ0) is 20.1. The number of nitrogens with zero attached hydrogens (tertiary/aromatic N) is 1. The molecule has 0 bridgehead atoms. The van der Waals surface area contributed by atoms with Crippen LogP contribution in [-0.2, 0) is 10.4 Å². The lowest BCUT2D eigenvalue weighted by Crippen LogP contribution is -2.43. The molecule has 0 heterocycles. The summed E-state index contributed by atoms with van der Waals surface area (Å²) < 4.78 is 0. The molecule has 0 fully saturated rings. The number of hydrazone groups is 1. The monoisotopic (exact) mass is 374 g/mol. The Hall–Kier alpha value is -3.44. The highest BCUT2D eigenvalue weighted by Crippen LogP contribution is 2.30. The van der Waals surface area contributed by atoms with Crippen LogP contribution in [0.5, 0.6) is 5.75 Å². The number of phenolic OH excluding ortho intramolecular Hbond substituents is 1. The third-order valence-corrected chi connectivity index (χ3v) is 4.52. The van der Waals surface area contributed by atoms with Gasteiger partial charge in [-0.25, -0.2) is 5.43 Å². The van der Waals surface area contributed by atoms with Crippen molar-refractivity contribution in [1.82, 2.24) is 5.43 Å². The Labute approximate surface area is 164 Å². The van der Waals surface area contributed by atoms with Crippen molar-refractivity contribution in [2.24, 2.45) is 5.10 Å². The predicted molar refractivity (Wildman–Crippen MR) is 109 cm³/mol. The first kappa shape index (κ1) is 19.3. The summed E-state index contributed by atoms with van der Waals surface area (Å²) in [7, 11) is 0. The highest BCUT2D eigenvalue weighted by atomic mass is 16.3. The fourth-order valence-corrected chi connectivity index (χ4v) is 2.87. The van der Waals surface area contributed by atoms with Crippen molar-refractivity contribution in [3.05, 3.63) is 101 Å². The van der Waals surface area contributed by atoms with Crippen LogP contribution in [0.1, 0.15) is 27.8 Å². The Balaban J connectivity index is 1.93. The maximum atomic E-state index is 13.0. The first-order chi connectivity index (χ1) is 13.4. The minimum Gasteiger partial charge on any atom is -0.508 e. The Bertz CT molecular complexity index is 948. The molecule has 5 heteroatoms. The van der Waals surface area contributed by atoms with Crippen LogP contribution in [0.2, 0.25) is 0 Å². The van der Waals surface area contributed by atoms with Gasteiger partial charge in [0.15, 0.2) is 5.60 Å². The number of carbonyl (C=O) groups excluding carboxylic acids is 1. The number of phenols is 1. The molecule has 0 saturated carbocycles. The van der Waals surface area contributed by atoms with E-state index in [1.54, 1.807) is 42.5 Å². The number of carbonyl (C=O) groups is 1. The van der Waals surface area contributed by atoms with Gasteiger partial charge in [0.2, 0.25) is 0 Å². The van der Waals surface area contributed by atoms with Crippen LogP contribution in [0.3, 0.4) is 0 Å². The number of aryl methyl sites for hydroxylation is 2. The predicted octanol–water partition coefficient (Wildman–Crippen LogP) is 3.40. The van der Waals surface area contributed by atoms with Gasteiger partial charge in [0.1, 0.15) is 5.75 Å². The number of amides is 1. The molecule has 0 radical (unpaired) electrons. The lowest BCUT2D eigenvalue weighted by molar-refractivity contribution is -0.136. The summed E-state index contributed by atoms with van der Waals surface area (Å²) in [6.07, 6.45) is 1.41. The first-order valence-corrected chi connectivity index (χ1v) is 8.89. The highest BCUT2D eigenvalue weighted by molar-refractivity contribution is 5.91. The fraction of sp³-hybridized carbons (Fsp3) is 0.130. The SMILES string of the molecule is Cc1ccc(C(O)(C(=O)N/N=C\c2cccc(O)c2)c2ccc(C)cc2)cc1. The quantitative estimate of drug-likeness (QED) is 0.473. The lowest BCUT2D eigenvalue weighted by atomic mass is 9.85. The maximum absolute atomic E-state index is 13.0. The Morgan fingerprint density at radius 2 is 1.46 bits per heavy atom. The molecule has 0 saturated heterocycles. The number of benzene rings is 3. The van der Waals surface area contributed by atoms with Crippen molar-refractivity contribution in [1.29, 1.82) is 0 Å². The molecular formula is C23H22N2O3. The van der Waals surface area contributed by atoms with Gasteiger partial charge in [0.25, 0.3) is 5.91 Å². The molecule has 0 aliphatic carbocycles. The van der Waals surface area contributed by atoms with Crippen LogP contribution in [0.4, 0.5) is 0 Å². The molecule has 0 aromatic heterocycles. The lowest BCUT2D eigenvalue weighted by Gasteiger charge is -2.27. The smallest absolute Gasteiger partial charge is 0.281 e. The molecule has 0 atom stereocenters. The summed E-state index contributed by atoms with van der Waals surface area (Å²) in [4.78, 5) is 13.0. The van der Waals surface area contributed by atoms with E-state index in [0.29, 0.717) is 16.7 Å². The van der Waals surface area contributed by atoms with E-state index < -0.39 is 11.5 Å². The van der Waals surface area contributed by atoms with Crippen molar-refractivity contribution in [3.63, 3.8) is 0 Å². The van der Waals surface area contributed by atoms with Gasteiger partial charge in [-0.1, -0.05) is 71.8 Å². The second kappa shape index (κ2) is 8.06. The molecule has 0 unspecified atom stereocenters. The third kappa shape index (κ3) is 4.10. The molecule has 0 aliphatic rings. The van der Waals surface area contributed by atoms with E-state index in [0.717, 1.165) is 11.1 Å². The van der Waals surface area contributed by atoms with Crippen LogP contribution in [0.15, 0.2) is 77.9 Å². The van der Waals surface area contributed by atoms with Gasteiger partial charge in [-0.3, -0.25) is 4.79 Å². The summed E-state index contributed by atoms with van der Waals surface area (Å²) in [5.41, 5.74) is 4.10. The summed E-state index contributed by atoms with van der Waals surface area (Å²) in [5.74, 6) is -0.567. The average Bonchev–Trinajstić information content (AvgIpc) is 2.68. The van der Waals surface area contributed by atoms with Gasteiger partial charge in [-0.05, 0) is 42.7 Å². The normalized spacial score (nSPS) is 11.5. The number of nitrogens with one attached hydrogen (secondary N) is 1. The molecule has 142 valence electrons. The number of aliphatic hydroxyl groups is 1. The van der Waals surface area contributed by atoms with Gasteiger partial charge in [0, 0.05) is 0 Å². The van der Waals surface area contributed by atoms with Gasteiger partial charge >= 0.3 is 0 Å². The van der Waals surface area contributed by atoms with Crippen LogP contribution in [-0.4, -0.2) is 22.3 Å². The highest BCUT2D eigenvalue weighted by Gasteiger charge is 2.40. The largest absolute Gasteiger partial charge is 0.508 e. The molecule has 1 amide bonds. The van der Waals surface area contributed by atoms with Gasteiger partial charge in [-0.15, -0.1) is 0 Å². The van der Waals surface area contributed by atoms with Gasteiger partial charge in [0.05, 0.1) is 6.21 Å². The maximum Gasteiger partial charge on any atom is 0.281 e. The van der Waals surface area contributed by atoms with Crippen molar-refractivity contribution < 1.29 is 15.0 Å². The molecule has 3 aromatic carbocycles. The van der Waals surface area contributed by atoms with E-state index in [1.807, 2.05) is 38.1 Å². The van der Waals surface area contributed by atoms with Crippen LogP contribution >= 0.6 is 0 Å². The summed E-state index contributed by atoms with van der Waals surface area (Å²) >= 11 is 0. The number of hydrogen-bond acceptors (Lipinski definition) is 4. The summed E-state index contributed by atoms with van der Waals surface area (Å²) in [6.45, 7) is 3.88. The topological polar surface area (TPSA) is 81.9 Å². The van der Waals surface area contributed by atoms with E-state index in [-0.39, 0.29) is 5.75 Å². The molecule has 3 aromatic rings. The second-order valence-corrected chi connectivity index (χ2v) is 6.74. The van der Waals surface area contributed by atoms with E-state index in [4.69, 9.17) is 0 Å². The molecule has 28 heavy (non-hydrogen) atoms. The van der Waals surface area contributed by atoms with Crippen LogP contribution < -0.4 is 5.43 Å². The molecule has 0 aliphatic heterocycles. The Kier molecular flexibility index (Phi) is 5.57. The van der Waals surface area contributed by atoms with Crippen molar-refractivity contribution in [2.45, 2.75) is 19.4 Å². The fourth-order valence-electron chi connectivity index (χ4n) is 2.87. The Morgan fingerprint density at radius 3 is 1.96 bits per heavy atom. The van der Waals surface area contributed by atoms with Crippen molar-refractivity contribution >= 4 is 12.1 Å². The van der Waals surface area contributed by atoms with E-state index >= 15 is 0 Å². The standard InChI is InChI=1S/C23H22N2O3/c1-16-6-10-19(11-7-16)23(28,20-12-8-17(2)9-13-20)22(27)25-24-15-18-4-3-5-21(26)14-18/h3-15,26,28H,1-2H3,(H,25,27)/b24-15-. The van der Waals surface area contributed by atoms with E-state index in [9.17, 15) is 15.0 Å². The molecular weight excluding hydrogens is 352 g/mol. The van der Waals surface area contributed by atoms with Crippen molar-refractivity contribution in [3.8, 4) is 5.75 Å². The molecule has 5 nitrogen and oxygen atoms in total. The minimum atomic E-state index is -1.89. The number of aromatic hydroxyl groups is 1. The van der Waals surface area contributed by atoms with E-state index in [2.05, 4.69) is 10.5 Å². The van der Waals surface area contributed by atoms with Gasteiger partial charge in [-0.2, -0.15) is 5.10 Å². The zero-order valence-corrected chi connectivity index (χ0v) is 15.8.